The van der Waals surface area contributed by atoms with E-state index in [-0.39, 0.29) is 6.42 Å². The average molecular weight is 368 g/mol. The molecule has 1 fully saturated rings. The molecule has 1 rings (SSSR count). The zero-order valence-electron chi connectivity index (χ0n) is 16.1. The largest absolute Gasteiger partial charge is 0.466 e. The predicted molar refractivity (Wildman–Crippen MR) is 94.2 cm³/mol. The van der Waals surface area contributed by atoms with E-state index in [1.165, 1.54) is 20.3 Å². The topological polar surface area (TPSA) is 88.1 Å². The normalized spacial score (nSPS) is 27.7. The quantitative estimate of drug-likeness (QED) is 0.281. The minimum atomic E-state index is -1.59. The highest BCUT2D eigenvalue weighted by Gasteiger charge is 2.59. The van der Waals surface area contributed by atoms with Crippen LogP contribution in [-0.2, 0) is 33.3 Å². The van der Waals surface area contributed by atoms with E-state index >= 15 is 0 Å². The van der Waals surface area contributed by atoms with Gasteiger partial charge in [0.1, 0.15) is 6.29 Å². The van der Waals surface area contributed by atoms with Gasteiger partial charge in [0.25, 0.3) is 0 Å². The van der Waals surface area contributed by atoms with Gasteiger partial charge in [-0.05, 0) is 32.3 Å². The lowest BCUT2D eigenvalue weighted by atomic mass is 9.75. The number of hydrogen-bond acceptors (Lipinski definition) is 7. The summed E-state index contributed by atoms with van der Waals surface area (Å²) in [5.74, 6) is -2.68. The zero-order chi connectivity index (χ0) is 20.0. The fourth-order valence-corrected chi connectivity index (χ4v) is 2.99. The molecule has 1 aliphatic heterocycles. The number of aldehydes is 1. The molecule has 0 N–H and O–H groups in total. The smallest absolute Gasteiger partial charge is 0.330 e. The van der Waals surface area contributed by atoms with Crippen molar-refractivity contribution in [3.63, 3.8) is 0 Å². The third-order valence-electron chi connectivity index (χ3n) is 4.46. The van der Waals surface area contributed by atoms with Gasteiger partial charge < -0.3 is 23.7 Å². The molecule has 0 amide bonds. The van der Waals surface area contributed by atoms with E-state index in [0.717, 1.165) is 0 Å². The minimum absolute atomic E-state index is 0.124. The van der Waals surface area contributed by atoms with E-state index in [9.17, 15) is 14.4 Å². The van der Waals surface area contributed by atoms with Crippen LogP contribution in [0.5, 0.6) is 0 Å². The maximum Gasteiger partial charge on any atom is 0.330 e. The van der Waals surface area contributed by atoms with E-state index < -0.39 is 35.3 Å². The molecule has 0 spiro atoms. The first-order valence-corrected chi connectivity index (χ1v) is 8.49. The van der Waals surface area contributed by atoms with Gasteiger partial charge in [0, 0.05) is 19.6 Å². The molecule has 146 valence electrons. The molecule has 1 saturated heterocycles. The van der Waals surface area contributed by atoms with Crippen LogP contribution >= 0.6 is 0 Å². The maximum atomic E-state index is 12.0. The number of methoxy groups -OCH3 is 2. The third-order valence-corrected chi connectivity index (χ3v) is 4.46. The molecule has 0 aromatic carbocycles. The van der Waals surface area contributed by atoms with Crippen LogP contribution in [0.15, 0.2) is 24.3 Å². The second-order valence-corrected chi connectivity index (χ2v) is 6.65. The van der Waals surface area contributed by atoms with E-state index in [4.69, 9.17) is 18.9 Å². The van der Waals surface area contributed by atoms with Crippen molar-refractivity contribution in [3.8, 4) is 0 Å². The lowest BCUT2D eigenvalue weighted by Crippen LogP contribution is -2.63. The van der Waals surface area contributed by atoms with Crippen molar-refractivity contribution in [2.45, 2.75) is 58.0 Å². The van der Waals surface area contributed by atoms with E-state index in [1.54, 1.807) is 26.8 Å². The number of carbonyl (C=O) groups is 3. The first kappa shape index (κ1) is 22.1. The SMILES string of the molecule is C=CCC1CC(=CC(=O)OC)[C@H](OC(=O)CC)[C@](OC)(C(C)(C)C=O)O1. The van der Waals surface area contributed by atoms with Crippen molar-refractivity contribution in [1.82, 2.24) is 0 Å². The van der Waals surface area contributed by atoms with Crippen LogP contribution in [0.4, 0.5) is 0 Å². The highest BCUT2D eigenvalue weighted by Crippen LogP contribution is 2.46. The molecule has 0 bridgehead atoms. The van der Waals surface area contributed by atoms with Gasteiger partial charge in [-0.25, -0.2) is 4.79 Å². The number of rotatable bonds is 8. The molecule has 0 aromatic heterocycles. The van der Waals surface area contributed by atoms with Gasteiger partial charge >= 0.3 is 11.9 Å². The molecule has 0 aromatic rings. The van der Waals surface area contributed by atoms with Crippen molar-refractivity contribution >= 4 is 18.2 Å². The molecule has 26 heavy (non-hydrogen) atoms. The predicted octanol–water partition coefficient (Wildman–Crippen LogP) is 2.34. The van der Waals surface area contributed by atoms with Crippen LogP contribution in [0, 0.1) is 5.41 Å². The molecule has 1 aliphatic rings. The number of carbonyl (C=O) groups excluding carboxylic acids is 3. The second kappa shape index (κ2) is 9.09. The maximum absolute atomic E-state index is 12.0. The van der Waals surface area contributed by atoms with Crippen LogP contribution in [0.1, 0.15) is 40.0 Å². The van der Waals surface area contributed by atoms with Gasteiger partial charge in [-0.1, -0.05) is 13.0 Å². The third kappa shape index (κ3) is 4.40. The van der Waals surface area contributed by atoms with Crippen molar-refractivity contribution < 1.29 is 33.3 Å². The summed E-state index contributed by atoms with van der Waals surface area (Å²) in [5, 5.41) is 0. The highest BCUT2D eigenvalue weighted by atomic mass is 16.7. The molecule has 0 aliphatic carbocycles. The summed E-state index contributed by atoms with van der Waals surface area (Å²) in [7, 11) is 2.63. The summed E-state index contributed by atoms with van der Waals surface area (Å²) in [6.07, 6.45) is 3.05. The molecule has 0 radical (unpaired) electrons. The van der Waals surface area contributed by atoms with Gasteiger partial charge in [0.05, 0.1) is 18.6 Å². The first-order chi connectivity index (χ1) is 12.2. The summed E-state index contributed by atoms with van der Waals surface area (Å²) < 4.78 is 22.1. The minimum Gasteiger partial charge on any atom is -0.466 e. The van der Waals surface area contributed by atoms with Gasteiger partial charge in [0.2, 0.25) is 5.79 Å². The number of esters is 2. The monoisotopic (exact) mass is 368 g/mol. The van der Waals surface area contributed by atoms with Gasteiger partial charge in [0.15, 0.2) is 6.10 Å². The van der Waals surface area contributed by atoms with Gasteiger partial charge in [-0.3, -0.25) is 4.79 Å². The summed E-state index contributed by atoms with van der Waals surface area (Å²) in [5.41, 5.74) is -0.705. The Hall–Kier alpha value is -1.99. The van der Waals surface area contributed by atoms with Crippen LogP contribution < -0.4 is 0 Å². The lowest BCUT2D eigenvalue weighted by molar-refractivity contribution is -0.334. The Kier molecular flexibility index (Phi) is 7.71. The van der Waals surface area contributed by atoms with Crippen molar-refractivity contribution in [2.24, 2.45) is 5.41 Å². The van der Waals surface area contributed by atoms with Crippen LogP contribution in [0.2, 0.25) is 0 Å². The van der Waals surface area contributed by atoms with Crippen LogP contribution in [-0.4, -0.2) is 50.4 Å². The fraction of sp³-hybridized carbons (Fsp3) is 0.632. The number of ether oxygens (including phenoxy) is 4. The standard InChI is InChI=1S/C19H28O7/c1-7-9-14-10-13(11-16(22)23-5)17(25-15(21)8-2)19(24-6,26-14)18(3,4)12-20/h7,11-12,14,17H,1,8-10H2,2-6H3/t14?,17-,19+/m0/s1. The van der Waals surface area contributed by atoms with Crippen LogP contribution in [0.25, 0.3) is 0 Å². The van der Waals surface area contributed by atoms with E-state index in [2.05, 4.69) is 6.58 Å². The summed E-state index contributed by atoms with van der Waals surface area (Å²) in [6.45, 7) is 8.61. The molecule has 0 saturated carbocycles. The molecule has 1 heterocycles. The average Bonchev–Trinajstić information content (AvgIpc) is 2.63. The highest BCUT2D eigenvalue weighted by molar-refractivity contribution is 5.83. The molecule has 7 nitrogen and oxygen atoms in total. The van der Waals surface area contributed by atoms with Crippen LogP contribution in [0.3, 0.4) is 0 Å². The zero-order valence-corrected chi connectivity index (χ0v) is 16.1. The van der Waals surface area contributed by atoms with E-state index in [0.29, 0.717) is 24.7 Å². The van der Waals surface area contributed by atoms with Gasteiger partial charge in [-0.15, -0.1) is 6.58 Å². The van der Waals surface area contributed by atoms with Crippen molar-refractivity contribution in [3.05, 3.63) is 24.3 Å². The Morgan fingerprint density at radius 1 is 1.38 bits per heavy atom. The Morgan fingerprint density at radius 3 is 2.50 bits per heavy atom. The Labute approximate surface area is 154 Å². The summed E-state index contributed by atoms with van der Waals surface area (Å²) in [4.78, 5) is 35.7. The fourth-order valence-electron chi connectivity index (χ4n) is 2.99. The summed E-state index contributed by atoms with van der Waals surface area (Å²) in [6, 6.07) is 0. The van der Waals surface area contributed by atoms with Gasteiger partial charge in [-0.2, -0.15) is 0 Å². The molecule has 3 atom stereocenters. The Balaban J connectivity index is 3.57. The molecule has 1 unspecified atom stereocenters. The molecular weight excluding hydrogens is 340 g/mol. The summed E-state index contributed by atoms with van der Waals surface area (Å²) >= 11 is 0. The van der Waals surface area contributed by atoms with E-state index in [1.807, 2.05) is 0 Å². The van der Waals surface area contributed by atoms with Crippen molar-refractivity contribution in [2.75, 3.05) is 14.2 Å². The molecular formula is C19H28O7. The number of hydrogen-bond donors (Lipinski definition) is 0. The Bertz CT molecular complexity index is 578. The Morgan fingerprint density at radius 2 is 2.04 bits per heavy atom. The van der Waals surface area contributed by atoms with Crippen molar-refractivity contribution in [1.29, 1.82) is 0 Å². The molecule has 7 heteroatoms. The first-order valence-electron chi connectivity index (χ1n) is 8.49. The lowest BCUT2D eigenvalue weighted by Gasteiger charge is -2.51. The second-order valence-electron chi connectivity index (χ2n) is 6.65.